The van der Waals surface area contributed by atoms with Crippen molar-refractivity contribution in [2.24, 2.45) is 0 Å². The second kappa shape index (κ2) is 6.42. The van der Waals surface area contributed by atoms with Crippen LogP contribution < -0.4 is 0 Å². The van der Waals surface area contributed by atoms with Crippen molar-refractivity contribution in [3.05, 3.63) is 70.8 Å². The molecule has 2 aromatic rings. The Hall–Kier alpha value is -1.97. The average Bonchev–Trinajstić information content (AvgIpc) is 2.73. The van der Waals surface area contributed by atoms with Crippen molar-refractivity contribution in [1.29, 1.82) is 0 Å². The fourth-order valence-corrected chi connectivity index (χ4v) is 3.08. The Morgan fingerprint density at radius 3 is 2.64 bits per heavy atom. The molecule has 1 aliphatic heterocycles. The number of carbonyl (C=O) groups is 1. The molecular weight excluding hydrogens is 274 g/mol. The number of carbonyl (C=O) groups excluding carboxylic acids is 1. The molecule has 3 nitrogen and oxygen atoms in total. The zero-order valence-corrected chi connectivity index (χ0v) is 13.1. The lowest BCUT2D eigenvalue weighted by molar-refractivity contribution is -0.131. The van der Waals surface area contributed by atoms with Crippen LogP contribution in [0.5, 0.6) is 0 Å². The molecule has 1 heterocycles. The van der Waals surface area contributed by atoms with Crippen LogP contribution in [-0.2, 0) is 11.3 Å². The number of benzene rings is 2. The minimum Gasteiger partial charge on any atom is -0.302 e. The maximum atomic E-state index is 12.6. The Bertz CT molecular complexity index is 666. The number of nitrogens with zero attached hydrogens (tertiary/aromatic N) is 1. The summed E-state index contributed by atoms with van der Waals surface area (Å²) in [6.45, 7) is 3.93. The van der Waals surface area contributed by atoms with Crippen molar-refractivity contribution in [2.75, 3.05) is 20.2 Å². The van der Waals surface area contributed by atoms with Gasteiger partial charge in [0, 0.05) is 24.2 Å². The van der Waals surface area contributed by atoms with Crippen LogP contribution in [0, 0.1) is 0 Å². The molecule has 0 fully saturated rings. The maximum absolute atomic E-state index is 12.6. The van der Waals surface area contributed by atoms with Crippen LogP contribution in [0.1, 0.15) is 39.9 Å². The molecule has 0 saturated carbocycles. The molecule has 0 saturated heterocycles. The number of rotatable bonds is 3. The van der Waals surface area contributed by atoms with Gasteiger partial charge in [-0.05, 0) is 29.5 Å². The molecule has 0 bridgehead atoms. The number of ketones is 1. The lowest BCUT2D eigenvalue weighted by atomic mass is 9.91. The van der Waals surface area contributed by atoms with E-state index >= 15 is 0 Å². The first-order chi connectivity index (χ1) is 10.7. The molecule has 114 valence electrons. The van der Waals surface area contributed by atoms with E-state index in [2.05, 4.69) is 19.1 Å². The van der Waals surface area contributed by atoms with Gasteiger partial charge in [0.25, 0.3) is 0 Å². The van der Waals surface area contributed by atoms with Gasteiger partial charge in [0.15, 0.2) is 5.78 Å². The molecule has 22 heavy (non-hydrogen) atoms. The summed E-state index contributed by atoms with van der Waals surface area (Å²) >= 11 is 0. The van der Waals surface area contributed by atoms with Crippen molar-refractivity contribution in [3.63, 3.8) is 0 Å². The predicted molar refractivity (Wildman–Crippen MR) is 87.0 cm³/mol. The van der Waals surface area contributed by atoms with Crippen molar-refractivity contribution in [2.45, 2.75) is 19.3 Å². The smallest absolute Gasteiger partial charge is 0.193 e. The molecule has 1 atom stereocenters. The summed E-state index contributed by atoms with van der Waals surface area (Å²) in [7, 11) is 1.72. The fourth-order valence-electron chi connectivity index (χ4n) is 3.08. The molecular formula is C19H21NO2. The van der Waals surface area contributed by atoms with E-state index in [-0.39, 0.29) is 5.78 Å². The van der Waals surface area contributed by atoms with Gasteiger partial charge in [-0.25, -0.2) is 0 Å². The Balaban J connectivity index is 1.93. The monoisotopic (exact) mass is 295 g/mol. The summed E-state index contributed by atoms with van der Waals surface area (Å²) in [5.41, 5.74) is 4.09. The van der Waals surface area contributed by atoms with Gasteiger partial charge in [-0.2, -0.15) is 5.06 Å². The van der Waals surface area contributed by atoms with E-state index in [1.807, 2.05) is 41.5 Å². The van der Waals surface area contributed by atoms with E-state index in [9.17, 15) is 4.79 Å². The molecule has 1 aliphatic rings. The first-order valence-corrected chi connectivity index (χ1v) is 7.70. The fraction of sp³-hybridized carbons (Fsp3) is 0.316. The van der Waals surface area contributed by atoms with Crippen LogP contribution >= 0.6 is 0 Å². The van der Waals surface area contributed by atoms with Crippen molar-refractivity contribution >= 4 is 5.78 Å². The molecule has 0 radical (unpaired) electrons. The van der Waals surface area contributed by atoms with Crippen molar-refractivity contribution in [1.82, 2.24) is 5.06 Å². The zero-order valence-electron chi connectivity index (χ0n) is 13.1. The first-order valence-electron chi connectivity index (χ1n) is 7.70. The van der Waals surface area contributed by atoms with E-state index < -0.39 is 0 Å². The Morgan fingerprint density at radius 1 is 1.14 bits per heavy atom. The molecule has 0 spiro atoms. The van der Waals surface area contributed by atoms with Crippen LogP contribution in [0.3, 0.4) is 0 Å². The van der Waals surface area contributed by atoms with Gasteiger partial charge in [-0.3, -0.25) is 4.79 Å². The summed E-state index contributed by atoms with van der Waals surface area (Å²) in [6.07, 6.45) is 0.952. The predicted octanol–water partition coefficient (Wildman–Crippen LogP) is 3.44. The topological polar surface area (TPSA) is 29.5 Å². The second-order valence-corrected chi connectivity index (χ2v) is 5.83. The van der Waals surface area contributed by atoms with Crippen LogP contribution in [0.15, 0.2) is 48.5 Å². The molecule has 2 aromatic carbocycles. The van der Waals surface area contributed by atoms with Crippen LogP contribution in [0.2, 0.25) is 0 Å². The minimum atomic E-state index is 0.0865. The molecule has 1 unspecified atom stereocenters. The summed E-state index contributed by atoms with van der Waals surface area (Å²) in [4.78, 5) is 18.0. The Kier molecular flexibility index (Phi) is 4.36. The Labute approximate surface area is 131 Å². The van der Waals surface area contributed by atoms with Gasteiger partial charge in [0.2, 0.25) is 0 Å². The van der Waals surface area contributed by atoms with Gasteiger partial charge in [0.05, 0.1) is 7.11 Å². The van der Waals surface area contributed by atoms with Gasteiger partial charge in [-0.15, -0.1) is 0 Å². The molecule has 3 rings (SSSR count). The van der Waals surface area contributed by atoms with Gasteiger partial charge >= 0.3 is 0 Å². The van der Waals surface area contributed by atoms with E-state index in [4.69, 9.17) is 4.84 Å². The number of hydroxylamine groups is 2. The molecule has 0 N–H and O–H groups in total. The number of hydrogen-bond donors (Lipinski definition) is 0. The highest BCUT2D eigenvalue weighted by molar-refractivity contribution is 6.09. The van der Waals surface area contributed by atoms with Crippen LogP contribution in [0.25, 0.3) is 0 Å². The zero-order chi connectivity index (χ0) is 15.5. The van der Waals surface area contributed by atoms with E-state index in [1.54, 1.807) is 7.11 Å². The van der Waals surface area contributed by atoms with Crippen molar-refractivity contribution < 1.29 is 9.63 Å². The second-order valence-electron chi connectivity index (χ2n) is 5.83. The highest BCUT2D eigenvalue weighted by Crippen LogP contribution is 2.27. The maximum Gasteiger partial charge on any atom is 0.193 e. The number of fused-ring (bicyclic) bond motifs is 1. The highest BCUT2D eigenvalue weighted by Gasteiger charge is 2.21. The number of hydrogen-bond acceptors (Lipinski definition) is 3. The lowest BCUT2D eigenvalue weighted by Gasteiger charge is -2.19. The van der Waals surface area contributed by atoms with Crippen LogP contribution in [-0.4, -0.2) is 31.0 Å². The summed E-state index contributed by atoms with van der Waals surface area (Å²) < 4.78 is 0. The third-order valence-electron chi connectivity index (χ3n) is 4.34. The normalized spacial score (nSPS) is 18.5. The van der Waals surface area contributed by atoms with Crippen LogP contribution in [0.4, 0.5) is 0 Å². The van der Waals surface area contributed by atoms with Gasteiger partial charge in [0.1, 0.15) is 0 Å². The van der Waals surface area contributed by atoms with Gasteiger partial charge < -0.3 is 4.84 Å². The average molecular weight is 295 g/mol. The molecule has 0 aliphatic carbocycles. The molecule has 0 amide bonds. The summed E-state index contributed by atoms with van der Waals surface area (Å²) in [5, 5.41) is 1.99. The van der Waals surface area contributed by atoms with E-state index in [1.165, 1.54) is 11.1 Å². The summed E-state index contributed by atoms with van der Waals surface area (Å²) in [5.74, 6) is 0.435. The minimum absolute atomic E-state index is 0.0865. The quantitative estimate of drug-likeness (QED) is 0.812. The highest BCUT2D eigenvalue weighted by atomic mass is 16.7. The lowest BCUT2D eigenvalue weighted by Crippen LogP contribution is -2.26. The third kappa shape index (κ3) is 2.96. The largest absolute Gasteiger partial charge is 0.302 e. The van der Waals surface area contributed by atoms with Crippen molar-refractivity contribution in [3.8, 4) is 0 Å². The summed E-state index contributed by atoms with van der Waals surface area (Å²) in [6, 6.07) is 15.6. The SMILES string of the molecule is CON1CCc2ccc(C(=O)c3ccccc3)cc2C(C)C1. The first kappa shape index (κ1) is 14.9. The van der Waals surface area contributed by atoms with E-state index in [0.717, 1.165) is 30.6 Å². The standard InChI is InChI=1S/C19H21NO2/c1-14-13-20(22-2)11-10-15-8-9-17(12-18(14)15)19(21)16-6-4-3-5-7-16/h3-9,12,14H,10-11,13H2,1-2H3. The molecule has 3 heteroatoms. The Morgan fingerprint density at radius 2 is 1.91 bits per heavy atom. The van der Waals surface area contributed by atoms with E-state index in [0.29, 0.717) is 5.92 Å². The molecule has 0 aromatic heterocycles. The third-order valence-corrected chi connectivity index (χ3v) is 4.34. The van der Waals surface area contributed by atoms with Gasteiger partial charge in [-0.1, -0.05) is 49.4 Å².